The van der Waals surface area contributed by atoms with Crippen LogP contribution in [0, 0.1) is 0 Å². The molecule has 1 atom stereocenters. The van der Waals surface area contributed by atoms with Crippen LogP contribution < -0.4 is 0 Å². The highest BCUT2D eigenvalue weighted by Crippen LogP contribution is 2.10. The molecule has 0 spiro atoms. The Kier molecular flexibility index (Phi) is 21.8. The molecular weight excluding hydrogens is 348 g/mol. The van der Waals surface area contributed by atoms with Crippen molar-refractivity contribution in [3.05, 3.63) is 12.2 Å². The third-order valence-corrected chi connectivity index (χ3v) is 4.90. The lowest BCUT2D eigenvalue weighted by atomic mass is 10.1. The molecule has 0 aromatic carbocycles. The molecule has 0 aliphatic carbocycles. The van der Waals surface area contributed by atoms with Gasteiger partial charge in [-0.25, -0.2) is 0 Å². The van der Waals surface area contributed by atoms with Crippen molar-refractivity contribution in [1.29, 1.82) is 0 Å². The first kappa shape index (κ1) is 27.2. The van der Waals surface area contributed by atoms with Crippen LogP contribution in [0.2, 0.25) is 0 Å². The number of esters is 1. The molecule has 1 saturated heterocycles. The van der Waals surface area contributed by atoms with Crippen LogP contribution in [0.15, 0.2) is 12.2 Å². The molecule has 1 aliphatic rings. The number of hydrogen-bond acceptors (Lipinski definition) is 3. The van der Waals surface area contributed by atoms with E-state index in [-0.39, 0.29) is 5.97 Å². The first-order valence-corrected chi connectivity index (χ1v) is 12.1. The molecule has 3 nitrogen and oxygen atoms in total. The van der Waals surface area contributed by atoms with E-state index in [4.69, 9.17) is 9.47 Å². The molecule has 1 fully saturated rings. The van der Waals surface area contributed by atoms with Crippen molar-refractivity contribution in [3.8, 4) is 0 Å². The summed E-state index contributed by atoms with van der Waals surface area (Å²) in [6.45, 7) is 8.02. The smallest absolute Gasteiger partial charge is 0.305 e. The summed E-state index contributed by atoms with van der Waals surface area (Å²) in [5.74, 6) is -0.0129. The average molecular weight is 397 g/mol. The molecule has 1 rings (SSSR count). The second-order valence-electron chi connectivity index (χ2n) is 8.05. The summed E-state index contributed by atoms with van der Waals surface area (Å²) in [6, 6.07) is 0. The summed E-state index contributed by atoms with van der Waals surface area (Å²) in [6.07, 6.45) is 24.7. The number of epoxide rings is 1. The molecule has 0 amide bonds. The molecule has 0 bridgehead atoms. The van der Waals surface area contributed by atoms with E-state index in [2.05, 4.69) is 32.9 Å². The number of unbranched alkanes of at least 4 members (excludes halogenated alkanes) is 12. The third kappa shape index (κ3) is 25.2. The van der Waals surface area contributed by atoms with E-state index < -0.39 is 0 Å². The summed E-state index contributed by atoms with van der Waals surface area (Å²) < 4.78 is 9.86. The standard InChI is InChI=1S/C22H42O2.C3H6O/c1-3-5-7-8-9-10-11-12-13-14-15-16-17-18-19-20-22(23)24-21-6-4-2;1-3-2-4-3/h12-13H,3-11,14-21H2,1-2H3;3H,2H2,1H3/b13-12-;. The van der Waals surface area contributed by atoms with Gasteiger partial charge in [0.2, 0.25) is 0 Å². The van der Waals surface area contributed by atoms with Gasteiger partial charge in [-0.1, -0.05) is 83.8 Å². The van der Waals surface area contributed by atoms with Crippen LogP contribution in [0.3, 0.4) is 0 Å². The Bertz CT molecular complexity index is 348. The Labute approximate surface area is 175 Å². The van der Waals surface area contributed by atoms with E-state index in [0.29, 0.717) is 19.1 Å². The Morgan fingerprint density at radius 1 is 0.821 bits per heavy atom. The molecule has 0 saturated carbocycles. The highest BCUT2D eigenvalue weighted by molar-refractivity contribution is 5.69. The normalized spacial score (nSPS) is 15.3. The zero-order valence-corrected chi connectivity index (χ0v) is 19.2. The molecule has 1 heterocycles. The van der Waals surface area contributed by atoms with Crippen molar-refractivity contribution in [2.24, 2.45) is 0 Å². The lowest BCUT2D eigenvalue weighted by Gasteiger charge is -2.03. The first-order chi connectivity index (χ1) is 13.7. The predicted octanol–water partition coefficient (Wildman–Crippen LogP) is 7.77. The van der Waals surface area contributed by atoms with Gasteiger partial charge in [0, 0.05) is 6.42 Å². The largest absolute Gasteiger partial charge is 0.466 e. The van der Waals surface area contributed by atoms with E-state index in [1.807, 2.05) is 0 Å². The third-order valence-electron chi connectivity index (χ3n) is 4.90. The van der Waals surface area contributed by atoms with Crippen molar-refractivity contribution >= 4 is 5.97 Å². The molecule has 0 aromatic heterocycles. The molecule has 28 heavy (non-hydrogen) atoms. The summed E-state index contributed by atoms with van der Waals surface area (Å²) in [7, 11) is 0. The molecule has 166 valence electrons. The van der Waals surface area contributed by atoms with E-state index in [0.717, 1.165) is 32.3 Å². The number of hydrogen-bond donors (Lipinski definition) is 0. The maximum atomic E-state index is 11.4. The monoisotopic (exact) mass is 396 g/mol. The Balaban J connectivity index is 0.00000160. The summed E-state index contributed by atoms with van der Waals surface area (Å²) in [4.78, 5) is 11.4. The quantitative estimate of drug-likeness (QED) is 0.103. The van der Waals surface area contributed by atoms with E-state index in [1.165, 1.54) is 70.6 Å². The molecule has 1 unspecified atom stereocenters. The fraction of sp³-hybridized carbons (Fsp3) is 0.880. The van der Waals surface area contributed by atoms with Gasteiger partial charge in [0.25, 0.3) is 0 Å². The van der Waals surface area contributed by atoms with Gasteiger partial charge in [0.1, 0.15) is 0 Å². The fourth-order valence-electron chi connectivity index (χ4n) is 2.84. The fourth-order valence-corrected chi connectivity index (χ4v) is 2.84. The summed E-state index contributed by atoms with van der Waals surface area (Å²) >= 11 is 0. The zero-order chi connectivity index (χ0) is 20.7. The van der Waals surface area contributed by atoms with Crippen LogP contribution in [-0.2, 0) is 14.3 Å². The zero-order valence-electron chi connectivity index (χ0n) is 19.2. The maximum Gasteiger partial charge on any atom is 0.305 e. The highest BCUT2D eigenvalue weighted by atomic mass is 16.6. The highest BCUT2D eigenvalue weighted by Gasteiger charge is 2.13. The van der Waals surface area contributed by atoms with E-state index in [9.17, 15) is 4.79 Å². The number of allylic oxidation sites excluding steroid dienone is 2. The summed E-state index contributed by atoms with van der Waals surface area (Å²) in [5.41, 5.74) is 0. The van der Waals surface area contributed by atoms with E-state index >= 15 is 0 Å². The molecule has 0 radical (unpaired) electrons. The van der Waals surface area contributed by atoms with E-state index in [1.54, 1.807) is 0 Å². The average Bonchev–Trinajstić information content (AvgIpc) is 3.47. The Morgan fingerprint density at radius 3 is 1.79 bits per heavy atom. The second-order valence-corrected chi connectivity index (χ2v) is 8.05. The van der Waals surface area contributed by atoms with Crippen LogP contribution in [0.4, 0.5) is 0 Å². The minimum absolute atomic E-state index is 0.0129. The Morgan fingerprint density at radius 2 is 1.29 bits per heavy atom. The van der Waals surface area contributed by atoms with Crippen molar-refractivity contribution in [2.75, 3.05) is 13.2 Å². The summed E-state index contributed by atoms with van der Waals surface area (Å²) in [5, 5.41) is 0. The predicted molar refractivity (Wildman–Crippen MR) is 121 cm³/mol. The van der Waals surface area contributed by atoms with Gasteiger partial charge in [0.05, 0.1) is 19.3 Å². The first-order valence-electron chi connectivity index (χ1n) is 12.1. The molecule has 0 aromatic rings. The lowest BCUT2D eigenvalue weighted by molar-refractivity contribution is -0.143. The minimum atomic E-state index is -0.0129. The van der Waals surface area contributed by atoms with Gasteiger partial charge in [-0.2, -0.15) is 0 Å². The van der Waals surface area contributed by atoms with Gasteiger partial charge in [-0.15, -0.1) is 0 Å². The van der Waals surface area contributed by atoms with Crippen molar-refractivity contribution in [1.82, 2.24) is 0 Å². The van der Waals surface area contributed by atoms with Crippen LogP contribution in [0.1, 0.15) is 124 Å². The van der Waals surface area contributed by atoms with Crippen LogP contribution in [0.5, 0.6) is 0 Å². The van der Waals surface area contributed by atoms with Gasteiger partial charge in [-0.3, -0.25) is 4.79 Å². The SMILES string of the molecule is CC1CO1.CCCCCCCC/C=C\CCCCCCCC(=O)OCCCC. The van der Waals surface area contributed by atoms with Crippen molar-refractivity contribution in [3.63, 3.8) is 0 Å². The van der Waals surface area contributed by atoms with Gasteiger partial charge < -0.3 is 9.47 Å². The number of carbonyl (C=O) groups excluding carboxylic acids is 1. The number of carbonyl (C=O) groups is 1. The van der Waals surface area contributed by atoms with Gasteiger partial charge in [-0.05, 0) is 45.4 Å². The topological polar surface area (TPSA) is 38.8 Å². The van der Waals surface area contributed by atoms with Crippen LogP contribution in [0.25, 0.3) is 0 Å². The molecule has 1 aliphatic heterocycles. The number of ether oxygens (including phenoxy) is 2. The molecule has 3 heteroatoms. The second kappa shape index (κ2) is 22.5. The number of rotatable bonds is 18. The lowest BCUT2D eigenvalue weighted by Crippen LogP contribution is -2.05. The van der Waals surface area contributed by atoms with Crippen molar-refractivity contribution < 1.29 is 14.3 Å². The van der Waals surface area contributed by atoms with Crippen LogP contribution >= 0.6 is 0 Å². The molecule has 0 N–H and O–H groups in total. The van der Waals surface area contributed by atoms with Crippen molar-refractivity contribution in [2.45, 2.75) is 130 Å². The Hall–Kier alpha value is -0.830. The van der Waals surface area contributed by atoms with Gasteiger partial charge >= 0.3 is 5.97 Å². The minimum Gasteiger partial charge on any atom is -0.466 e. The maximum absolute atomic E-state index is 11.4. The molecular formula is C25H48O3. The van der Waals surface area contributed by atoms with Gasteiger partial charge in [0.15, 0.2) is 0 Å². The van der Waals surface area contributed by atoms with Crippen LogP contribution in [-0.4, -0.2) is 25.3 Å².